The van der Waals surface area contributed by atoms with E-state index in [2.05, 4.69) is 33.4 Å². The van der Waals surface area contributed by atoms with Gasteiger partial charge in [-0.3, -0.25) is 0 Å². The second kappa shape index (κ2) is 5.10. The van der Waals surface area contributed by atoms with Crippen LogP contribution < -0.4 is 11.1 Å². The van der Waals surface area contributed by atoms with Gasteiger partial charge in [0.1, 0.15) is 0 Å². The number of nitrogens with two attached hydrogens (primary N) is 1. The Labute approximate surface area is 99.4 Å². The fourth-order valence-electron chi connectivity index (χ4n) is 2.15. The van der Waals surface area contributed by atoms with Crippen LogP contribution in [-0.2, 0) is 0 Å². The number of benzene rings is 1. The molecule has 1 aliphatic heterocycles. The van der Waals surface area contributed by atoms with Crippen LogP contribution in [0, 0.1) is 0 Å². The van der Waals surface area contributed by atoms with Gasteiger partial charge in [0.05, 0.1) is 0 Å². The van der Waals surface area contributed by atoms with Crippen LogP contribution in [0.1, 0.15) is 30.9 Å². The monoisotopic (exact) mass is 268 g/mol. The topological polar surface area (TPSA) is 38.0 Å². The molecule has 3 heteroatoms. The van der Waals surface area contributed by atoms with E-state index in [1.54, 1.807) is 0 Å². The third-order valence-corrected chi connectivity index (χ3v) is 3.77. The minimum Gasteiger partial charge on any atom is -0.323 e. The number of piperidine rings is 1. The van der Waals surface area contributed by atoms with Gasteiger partial charge in [0, 0.05) is 16.6 Å². The molecule has 0 radical (unpaired) electrons. The van der Waals surface area contributed by atoms with E-state index in [0.29, 0.717) is 6.04 Å². The first kappa shape index (κ1) is 11.1. The Bertz CT molecular complexity index is 321. The third-order valence-electron chi connectivity index (χ3n) is 3.05. The number of hydrogen-bond donors (Lipinski definition) is 2. The first-order valence-electron chi connectivity index (χ1n) is 5.52. The zero-order chi connectivity index (χ0) is 10.7. The standard InChI is InChI=1S/C12H17BrN2/c13-10-6-2-1-5-9(10)12(14)11-7-3-4-8-15-11/h1-2,5-6,11-12,15H,3-4,7-8,14H2. The summed E-state index contributed by atoms with van der Waals surface area (Å²) in [6.07, 6.45) is 3.75. The van der Waals surface area contributed by atoms with Gasteiger partial charge in [-0.15, -0.1) is 0 Å². The minimum atomic E-state index is 0.0980. The van der Waals surface area contributed by atoms with Gasteiger partial charge in [-0.2, -0.15) is 0 Å². The van der Waals surface area contributed by atoms with Crippen LogP contribution in [0.2, 0.25) is 0 Å². The third kappa shape index (κ3) is 2.60. The molecule has 3 N–H and O–H groups in total. The van der Waals surface area contributed by atoms with Crippen molar-refractivity contribution in [1.29, 1.82) is 0 Å². The highest BCUT2D eigenvalue weighted by Gasteiger charge is 2.22. The maximum absolute atomic E-state index is 6.28. The van der Waals surface area contributed by atoms with Crippen LogP contribution in [0.5, 0.6) is 0 Å². The van der Waals surface area contributed by atoms with Gasteiger partial charge in [0.2, 0.25) is 0 Å². The molecular formula is C12H17BrN2. The van der Waals surface area contributed by atoms with E-state index in [0.717, 1.165) is 11.0 Å². The zero-order valence-electron chi connectivity index (χ0n) is 8.75. The summed E-state index contributed by atoms with van der Waals surface area (Å²) in [5.74, 6) is 0. The molecule has 1 heterocycles. The molecule has 1 aromatic carbocycles. The first-order valence-corrected chi connectivity index (χ1v) is 6.32. The predicted octanol–water partition coefficient (Wildman–Crippen LogP) is 2.59. The summed E-state index contributed by atoms with van der Waals surface area (Å²) in [6, 6.07) is 8.75. The predicted molar refractivity (Wildman–Crippen MR) is 66.7 cm³/mol. The van der Waals surface area contributed by atoms with Crippen molar-refractivity contribution < 1.29 is 0 Å². The van der Waals surface area contributed by atoms with Gasteiger partial charge >= 0.3 is 0 Å². The minimum absolute atomic E-state index is 0.0980. The summed E-state index contributed by atoms with van der Waals surface area (Å²) in [5, 5.41) is 3.50. The zero-order valence-corrected chi connectivity index (χ0v) is 10.3. The van der Waals surface area contributed by atoms with E-state index in [-0.39, 0.29) is 6.04 Å². The van der Waals surface area contributed by atoms with Gasteiger partial charge in [-0.25, -0.2) is 0 Å². The van der Waals surface area contributed by atoms with Crippen LogP contribution >= 0.6 is 15.9 Å². The number of rotatable bonds is 2. The lowest BCUT2D eigenvalue weighted by Gasteiger charge is -2.29. The van der Waals surface area contributed by atoms with E-state index in [4.69, 9.17) is 5.73 Å². The van der Waals surface area contributed by atoms with E-state index >= 15 is 0 Å². The summed E-state index contributed by atoms with van der Waals surface area (Å²) in [4.78, 5) is 0. The van der Waals surface area contributed by atoms with Crippen molar-refractivity contribution in [3.05, 3.63) is 34.3 Å². The Morgan fingerprint density at radius 3 is 2.80 bits per heavy atom. The molecule has 1 fully saturated rings. The molecule has 2 atom stereocenters. The molecule has 0 spiro atoms. The second-order valence-corrected chi connectivity index (χ2v) is 4.96. The average molecular weight is 269 g/mol. The molecule has 15 heavy (non-hydrogen) atoms. The lowest BCUT2D eigenvalue weighted by Crippen LogP contribution is -2.42. The highest BCUT2D eigenvalue weighted by Crippen LogP contribution is 2.26. The molecule has 2 rings (SSSR count). The molecule has 1 aliphatic rings. The van der Waals surface area contributed by atoms with Crippen LogP contribution in [0.4, 0.5) is 0 Å². The van der Waals surface area contributed by atoms with Gasteiger partial charge in [-0.05, 0) is 31.0 Å². The van der Waals surface area contributed by atoms with Gasteiger partial charge in [-0.1, -0.05) is 40.5 Å². The van der Waals surface area contributed by atoms with Gasteiger partial charge < -0.3 is 11.1 Å². The second-order valence-electron chi connectivity index (χ2n) is 4.10. The van der Waals surface area contributed by atoms with E-state index in [1.165, 1.54) is 24.8 Å². The van der Waals surface area contributed by atoms with E-state index in [1.807, 2.05) is 12.1 Å². The van der Waals surface area contributed by atoms with Crippen molar-refractivity contribution in [3.63, 3.8) is 0 Å². The average Bonchev–Trinajstić information content (AvgIpc) is 2.30. The van der Waals surface area contributed by atoms with Crippen molar-refractivity contribution in [2.24, 2.45) is 5.73 Å². The van der Waals surface area contributed by atoms with Crippen molar-refractivity contribution in [2.45, 2.75) is 31.3 Å². The van der Waals surface area contributed by atoms with E-state index < -0.39 is 0 Å². The van der Waals surface area contributed by atoms with Crippen LogP contribution in [-0.4, -0.2) is 12.6 Å². The Morgan fingerprint density at radius 2 is 2.13 bits per heavy atom. The Hall–Kier alpha value is -0.380. The molecule has 0 saturated carbocycles. The molecule has 1 aromatic rings. The number of halogens is 1. The fraction of sp³-hybridized carbons (Fsp3) is 0.500. The molecule has 0 bridgehead atoms. The summed E-state index contributed by atoms with van der Waals surface area (Å²) < 4.78 is 1.12. The summed E-state index contributed by atoms with van der Waals surface area (Å²) >= 11 is 3.56. The van der Waals surface area contributed by atoms with Gasteiger partial charge in [0.25, 0.3) is 0 Å². The summed E-state index contributed by atoms with van der Waals surface area (Å²) in [7, 11) is 0. The molecule has 0 aliphatic carbocycles. The molecule has 0 amide bonds. The Kier molecular flexibility index (Phi) is 3.78. The van der Waals surface area contributed by atoms with Crippen molar-refractivity contribution in [3.8, 4) is 0 Å². The highest BCUT2D eigenvalue weighted by atomic mass is 79.9. The van der Waals surface area contributed by atoms with E-state index in [9.17, 15) is 0 Å². The largest absolute Gasteiger partial charge is 0.323 e. The molecule has 82 valence electrons. The van der Waals surface area contributed by atoms with Crippen molar-refractivity contribution >= 4 is 15.9 Å². The maximum atomic E-state index is 6.28. The van der Waals surface area contributed by atoms with Crippen LogP contribution in [0.3, 0.4) is 0 Å². The summed E-state index contributed by atoms with van der Waals surface area (Å²) in [5.41, 5.74) is 7.48. The summed E-state index contributed by atoms with van der Waals surface area (Å²) in [6.45, 7) is 1.10. The molecular weight excluding hydrogens is 252 g/mol. The van der Waals surface area contributed by atoms with Crippen LogP contribution in [0.15, 0.2) is 28.7 Å². The number of hydrogen-bond acceptors (Lipinski definition) is 2. The first-order chi connectivity index (χ1) is 7.29. The van der Waals surface area contributed by atoms with Crippen molar-refractivity contribution in [2.75, 3.05) is 6.54 Å². The molecule has 2 nitrogen and oxygen atoms in total. The number of nitrogens with one attached hydrogen (secondary N) is 1. The lowest BCUT2D eigenvalue weighted by molar-refractivity contribution is 0.353. The molecule has 0 aromatic heterocycles. The highest BCUT2D eigenvalue weighted by molar-refractivity contribution is 9.10. The molecule has 1 saturated heterocycles. The lowest BCUT2D eigenvalue weighted by atomic mass is 9.93. The Morgan fingerprint density at radius 1 is 1.33 bits per heavy atom. The Balaban J connectivity index is 2.12. The van der Waals surface area contributed by atoms with Crippen molar-refractivity contribution in [1.82, 2.24) is 5.32 Å². The SMILES string of the molecule is NC(c1ccccc1Br)C1CCCCN1. The quantitative estimate of drug-likeness (QED) is 0.866. The van der Waals surface area contributed by atoms with Crippen LogP contribution in [0.25, 0.3) is 0 Å². The van der Waals surface area contributed by atoms with Gasteiger partial charge in [0.15, 0.2) is 0 Å². The molecule has 2 unspecified atom stereocenters. The maximum Gasteiger partial charge on any atom is 0.0462 e. The normalized spacial score (nSPS) is 23.7. The smallest absolute Gasteiger partial charge is 0.0462 e. The fourth-order valence-corrected chi connectivity index (χ4v) is 2.70.